The van der Waals surface area contributed by atoms with E-state index in [2.05, 4.69) is 29.7 Å². The first-order valence-corrected chi connectivity index (χ1v) is 8.55. The van der Waals surface area contributed by atoms with Gasteiger partial charge in [0.25, 0.3) is 0 Å². The van der Waals surface area contributed by atoms with E-state index in [1.54, 1.807) is 0 Å². The molecule has 4 nitrogen and oxygen atoms in total. The summed E-state index contributed by atoms with van der Waals surface area (Å²) < 4.78 is 5.74. The molecule has 0 radical (unpaired) electrons. The maximum Gasteiger partial charge on any atom is 0.238 e. The van der Waals surface area contributed by atoms with Crippen molar-refractivity contribution in [1.29, 1.82) is 0 Å². The molecule has 2 aromatic carbocycles. The van der Waals surface area contributed by atoms with E-state index < -0.39 is 0 Å². The zero-order chi connectivity index (χ0) is 17.0. The van der Waals surface area contributed by atoms with E-state index in [0.717, 1.165) is 37.2 Å². The molecule has 0 fully saturated rings. The van der Waals surface area contributed by atoms with Gasteiger partial charge < -0.3 is 15.4 Å². The SMILES string of the molecule is CCCCNCC(=O)Nc1ccc(OCCc2ccccc2)cc1. The molecule has 0 saturated carbocycles. The van der Waals surface area contributed by atoms with Crippen LogP contribution >= 0.6 is 0 Å². The Morgan fingerprint density at radius 2 is 1.79 bits per heavy atom. The van der Waals surface area contributed by atoms with Crippen molar-refractivity contribution < 1.29 is 9.53 Å². The Kier molecular flexibility index (Phi) is 7.84. The number of carbonyl (C=O) groups excluding carboxylic acids is 1. The Bertz CT molecular complexity index is 597. The van der Waals surface area contributed by atoms with E-state index >= 15 is 0 Å². The quantitative estimate of drug-likeness (QED) is 0.656. The number of benzene rings is 2. The highest BCUT2D eigenvalue weighted by Crippen LogP contribution is 2.16. The first-order valence-electron chi connectivity index (χ1n) is 8.55. The minimum atomic E-state index is -0.0242. The Morgan fingerprint density at radius 3 is 2.50 bits per heavy atom. The Hall–Kier alpha value is -2.33. The lowest BCUT2D eigenvalue weighted by atomic mass is 10.2. The molecule has 24 heavy (non-hydrogen) atoms. The van der Waals surface area contributed by atoms with Crippen LogP contribution in [-0.4, -0.2) is 25.6 Å². The zero-order valence-electron chi connectivity index (χ0n) is 14.3. The van der Waals surface area contributed by atoms with Crippen molar-refractivity contribution in [2.24, 2.45) is 0 Å². The molecule has 4 heteroatoms. The van der Waals surface area contributed by atoms with Gasteiger partial charge >= 0.3 is 0 Å². The maximum absolute atomic E-state index is 11.8. The van der Waals surface area contributed by atoms with Gasteiger partial charge in [-0.05, 0) is 42.8 Å². The summed E-state index contributed by atoms with van der Waals surface area (Å²) in [5.74, 6) is 0.786. The van der Waals surface area contributed by atoms with Crippen LogP contribution < -0.4 is 15.4 Å². The number of unbranched alkanes of at least 4 members (excludes halogenated alkanes) is 1. The number of nitrogens with one attached hydrogen (secondary N) is 2. The normalized spacial score (nSPS) is 10.4. The van der Waals surface area contributed by atoms with Gasteiger partial charge in [0.05, 0.1) is 13.2 Å². The molecule has 2 N–H and O–H groups in total. The van der Waals surface area contributed by atoms with Crippen LogP contribution in [0.5, 0.6) is 5.75 Å². The first kappa shape index (κ1) is 18.0. The lowest BCUT2D eigenvalue weighted by Gasteiger charge is -2.09. The van der Waals surface area contributed by atoms with Gasteiger partial charge in [-0.3, -0.25) is 4.79 Å². The van der Waals surface area contributed by atoms with Crippen molar-refractivity contribution >= 4 is 11.6 Å². The van der Waals surface area contributed by atoms with E-state index in [9.17, 15) is 4.79 Å². The maximum atomic E-state index is 11.8. The van der Waals surface area contributed by atoms with Crippen LogP contribution in [0.3, 0.4) is 0 Å². The Labute approximate surface area is 144 Å². The number of anilines is 1. The van der Waals surface area contributed by atoms with Gasteiger partial charge in [-0.15, -0.1) is 0 Å². The third-order valence-electron chi connectivity index (χ3n) is 3.63. The summed E-state index contributed by atoms with van der Waals surface area (Å²) in [6.45, 7) is 3.98. The number of hydrogen-bond donors (Lipinski definition) is 2. The van der Waals surface area contributed by atoms with Gasteiger partial charge in [0.2, 0.25) is 5.91 Å². The minimum absolute atomic E-state index is 0.0242. The largest absolute Gasteiger partial charge is 0.493 e. The van der Waals surface area contributed by atoms with E-state index in [4.69, 9.17) is 4.74 Å². The standard InChI is InChI=1S/C20H26N2O2/c1-2-3-14-21-16-20(23)22-18-9-11-19(12-10-18)24-15-13-17-7-5-4-6-8-17/h4-12,21H,2-3,13-16H2,1H3,(H,22,23). The molecule has 0 aliphatic rings. The van der Waals surface area contributed by atoms with Crippen LogP contribution in [0.2, 0.25) is 0 Å². The molecule has 0 heterocycles. The molecule has 1 amide bonds. The van der Waals surface area contributed by atoms with Gasteiger partial charge in [0.15, 0.2) is 0 Å². The van der Waals surface area contributed by atoms with E-state index in [-0.39, 0.29) is 5.91 Å². The summed E-state index contributed by atoms with van der Waals surface area (Å²) in [5, 5.41) is 6.00. The minimum Gasteiger partial charge on any atom is -0.493 e. The molecule has 0 spiro atoms. The molecule has 2 rings (SSSR count). The molecule has 0 aliphatic heterocycles. The fourth-order valence-corrected chi connectivity index (χ4v) is 2.27. The number of rotatable bonds is 10. The molecular formula is C20H26N2O2. The van der Waals surface area contributed by atoms with Crippen LogP contribution in [-0.2, 0) is 11.2 Å². The molecule has 0 saturated heterocycles. The van der Waals surface area contributed by atoms with Crippen molar-refractivity contribution in [2.45, 2.75) is 26.2 Å². The summed E-state index contributed by atoms with van der Waals surface area (Å²) >= 11 is 0. The van der Waals surface area contributed by atoms with Crippen LogP contribution in [0.15, 0.2) is 54.6 Å². The van der Waals surface area contributed by atoms with Crippen molar-refractivity contribution in [1.82, 2.24) is 5.32 Å². The van der Waals surface area contributed by atoms with Gasteiger partial charge in [-0.1, -0.05) is 43.7 Å². The van der Waals surface area contributed by atoms with Crippen LogP contribution in [0.1, 0.15) is 25.3 Å². The lowest BCUT2D eigenvalue weighted by molar-refractivity contribution is -0.115. The number of ether oxygens (including phenoxy) is 1. The van der Waals surface area contributed by atoms with E-state index in [1.807, 2.05) is 42.5 Å². The smallest absolute Gasteiger partial charge is 0.238 e. The Balaban J connectivity index is 1.69. The van der Waals surface area contributed by atoms with Crippen molar-refractivity contribution in [3.63, 3.8) is 0 Å². The molecule has 0 unspecified atom stereocenters. The second-order valence-electron chi connectivity index (χ2n) is 5.69. The lowest BCUT2D eigenvalue weighted by Crippen LogP contribution is -2.28. The van der Waals surface area contributed by atoms with Gasteiger partial charge in [0.1, 0.15) is 5.75 Å². The number of amides is 1. The average Bonchev–Trinajstić information content (AvgIpc) is 2.61. The van der Waals surface area contributed by atoms with E-state index in [0.29, 0.717) is 13.2 Å². The fourth-order valence-electron chi connectivity index (χ4n) is 2.27. The summed E-state index contributed by atoms with van der Waals surface area (Å²) in [5.41, 5.74) is 2.05. The summed E-state index contributed by atoms with van der Waals surface area (Å²) in [6, 6.07) is 17.7. The molecule has 0 aliphatic carbocycles. The third-order valence-corrected chi connectivity index (χ3v) is 3.63. The average molecular weight is 326 g/mol. The van der Waals surface area contributed by atoms with Gasteiger partial charge in [-0.2, -0.15) is 0 Å². The second-order valence-corrected chi connectivity index (χ2v) is 5.69. The number of carbonyl (C=O) groups is 1. The fraction of sp³-hybridized carbons (Fsp3) is 0.350. The topological polar surface area (TPSA) is 50.4 Å². The van der Waals surface area contributed by atoms with Crippen LogP contribution in [0.25, 0.3) is 0 Å². The van der Waals surface area contributed by atoms with Crippen molar-refractivity contribution in [3.05, 3.63) is 60.2 Å². The summed E-state index contributed by atoms with van der Waals surface area (Å²) in [4.78, 5) is 11.8. The highest BCUT2D eigenvalue weighted by Gasteiger charge is 2.02. The van der Waals surface area contributed by atoms with Crippen molar-refractivity contribution in [3.8, 4) is 5.75 Å². The third kappa shape index (κ3) is 6.84. The van der Waals surface area contributed by atoms with Crippen LogP contribution in [0.4, 0.5) is 5.69 Å². The predicted octanol–water partition coefficient (Wildman–Crippen LogP) is 3.64. The molecule has 0 aromatic heterocycles. The van der Waals surface area contributed by atoms with Crippen molar-refractivity contribution in [2.75, 3.05) is 25.0 Å². The first-order chi connectivity index (χ1) is 11.8. The molecule has 0 atom stereocenters. The Morgan fingerprint density at radius 1 is 1.04 bits per heavy atom. The van der Waals surface area contributed by atoms with Crippen LogP contribution in [0, 0.1) is 0 Å². The van der Waals surface area contributed by atoms with E-state index in [1.165, 1.54) is 5.56 Å². The molecule has 2 aromatic rings. The number of hydrogen-bond acceptors (Lipinski definition) is 3. The molecular weight excluding hydrogens is 300 g/mol. The highest BCUT2D eigenvalue weighted by molar-refractivity contribution is 5.92. The highest BCUT2D eigenvalue weighted by atomic mass is 16.5. The van der Waals surface area contributed by atoms with Gasteiger partial charge in [-0.25, -0.2) is 0 Å². The summed E-state index contributed by atoms with van der Waals surface area (Å²) in [7, 11) is 0. The zero-order valence-corrected chi connectivity index (χ0v) is 14.3. The molecule has 0 bridgehead atoms. The monoisotopic (exact) mass is 326 g/mol. The van der Waals surface area contributed by atoms with Gasteiger partial charge in [0, 0.05) is 12.1 Å². The predicted molar refractivity (Wildman–Crippen MR) is 98.5 cm³/mol. The summed E-state index contributed by atoms with van der Waals surface area (Å²) in [6.07, 6.45) is 3.09. The molecule has 128 valence electrons. The second kappa shape index (κ2) is 10.4.